The SMILES string of the molecule is C=C(c1ccc(C)cc1F)C1(c2ccc(F)cc2F)CC1. The highest BCUT2D eigenvalue weighted by atomic mass is 19.1. The highest BCUT2D eigenvalue weighted by molar-refractivity contribution is 5.77. The lowest BCUT2D eigenvalue weighted by molar-refractivity contribution is 0.565. The minimum atomic E-state index is -0.612. The van der Waals surface area contributed by atoms with Gasteiger partial charge in [-0.05, 0) is 48.6 Å². The molecular formula is C18H15F3. The molecule has 0 heterocycles. The molecule has 21 heavy (non-hydrogen) atoms. The number of rotatable bonds is 3. The third-order valence-corrected chi connectivity index (χ3v) is 4.22. The van der Waals surface area contributed by atoms with E-state index in [2.05, 4.69) is 6.58 Å². The van der Waals surface area contributed by atoms with Crippen LogP contribution in [0.3, 0.4) is 0 Å². The van der Waals surface area contributed by atoms with E-state index in [1.165, 1.54) is 18.2 Å². The Labute approximate surface area is 121 Å². The minimum Gasteiger partial charge on any atom is -0.207 e. The van der Waals surface area contributed by atoms with E-state index >= 15 is 0 Å². The van der Waals surface area contributed by atoms with Crippen LogP contribution >= 0.6 is 0 Å². The average Bonchev–Trinajstić information content (AvgIpc) is 3.19. The fourth-order valence-electron chi connectivity index (χ4n) is 2.86. The molecule has 0 bridgehead atoms. The maximum Gasteiger partial charge on any atom is 0.130 e. The Balaban J connectivity index is 2.04. The van der Waals surface area contributed by atoms with Gasteiger partial charge in [-0.3, -0.25) is 0 Å². The molecule has 3 rings (SSSR count). The van der Waals surface area contributed by atoms with Gasteiger partial charge in [-0.15, -0.1) is 0 Å². The predicted octanol–water partition coefficient (Wildman–Crippen LogP) is 5.16. The lowest BCUT2D eigenvalue weighted by atomic mass is 9.84. The molecule has 0 radical (unpaired) electrons. The van der Waals surface area contributed by atoms with Crippen LogP contribution in [0.15, 0.2) is 43.0 Å². The van der Waals surface area contributed by atoms with E-state index in [0.29, 0.717) is 29.5 Å². The smallest absolute Gasteiger partial charge is 0.130 e. The van der Waals surface area contributed by atoms with Gasteiger partial charge in [0.15, 0.2) is 0 Å². The standard InChI is InChI=1S/C18H15F3/c1-11-3-5-14(16(20)9-11)12(2)18(7-8-18)15-6-4-13(19)10-17(15)21/h3-6,9-10H,2,7-8H2,1H3. The first-order chi connectivity index (χ1) is 9.94. The largest absolute Gasteiger partial charge is 0.207 e. The van der Waals surface area contributed by atoms with Gasteiger partial charge in [0, 0.05) is 17.0 Å². The topological polar surface area (TPSA) is 0 Å². The first-order valence-corrected chi connectivity index (χ1v) is 6.85. The van der Waals surface area contributed by atoms with Crippen molar-refractivity contribution in [2.75, 3.05) is 0 Å². The second-order valence-corrected chi connectivity index (χ2v) is 5.67. The fraction of sp³-hybridized carbons (Fsp3) is 0.222. The molecule has 2 aromatic rings. The summed E-state index contributed by atoms with van der Waals surface area (Å²) in [7, 11) is 0. The van der Waals surface area contributed by atoms with Crippen molar-refractivity contribution < 1.29 is 13.2 Å². The summed E-state index contributed by atoms with van der Waals surface area (Å²) in [6.45, 7) is 5.80. The Morgan fingerprint density at radius 2 is 1.71 bits per heavy atom. The summed E-state index contributed by atoms with van der Waals surface area (Å²) in [5.41, 5.74) is 1.58. The molecule has 1 aliphatic carbocycles. The summed E-state index contributed by atoms with van der Waals surface area (Å²) >= 11 is 0. The molecule has 0 saturated heterocycles. The van der Waals surface area contributed by atoms with Crippen LogP contribution in [-0.2, 0) is 5.41 Å². The quantitative estimate of drug-likeness (QED) is 0.732. The highest BCUT2D eigenvalue weighted by Gasteiger charge is 2.49. The number of hydrogen-bond acceptors (Lipinski definition) is 0. The maximum atomic E-state index is 14.1. The van der Waals surface area contributed by atoms with E-state index in [1.807, 2.05) is 6.92 Å². The Kier molecular flexibility index (Phi) is 3.16. The van der Waals surface area contributed by atoms with Crippen LogP contribution in [0.25, 0.3) is 5.57 Å². The van der Waals surface area contributed by atoms with Crippen molar-refractivity contribution in [1.29, 1.82) is 0 Å². The van der Waals surface area contributed by atoms with Gasteiger partial charge in [-0.2, -0.15) is 0 Å². The second-order valence-electron chi connectivity index (χ2n) is 5.67. The lowest BCUT2D eigenvalue weighted by Crippen LogP contribution is -2.12. The van der Waals surface area contributed by atoms with E-state index in [1.54, 1.807) is 12.1 Å². The van der Waals surface area contributed by atoms with Crippen molar-refractivity contribution in [1.82, 2.24) is 0 Å². The molecule has 0 atom stereocenters. The fourth-order valence-corrected chi connectivity index (χ4v) is 2.86. The van der Waals surface area contributed by atoms with E-state index in [0.717, 1.165) is 11.6 Å². The van der Waals surface area contributed by atoms with Crippen LogP contribution in [-0.4, -0.2) is 0 Å². The van der Waals surface area contributed by atoms with E-state index in [9.17, 15) is 13.2 Å². The molecule has 3 heteroatoms. The van der Waals surface area contributed by atoms with Crippen molar-refractivity contribution >= 4 is 5.57 Å². The zero-order valence-corrected chi connectivity index (χ0v) is 11.7. The van der Waals surface area contributed by atoms with E-state index < -0.39 is 17.0 Å². The van der Waals surface area contributed by atoms with Crippen LogP contribution in [0, 0.1) is 24.4 Å². The number of benzene rings is 2. The summed E-state index contributed by atoms with van der Waals surface area (Å²) < 4.78 is 41.2. The van der Waals surface area contributed by atoms with Crippen molar-refractivity contribution in [3.05, 3.63) is 77.1 Å². The first-order valence-electron chi connectivity index (χ1n) is 6.85. The molecule has 0 aliphatic heterocycles. The number of allylic oxidation sites excluding steroid dienone is 1. The van der Waals surface area contributed by atoms with Crippen LogP contribution in [0.5, 0.6) is 0 Å². The third kappa shape index (κ3) is 2.27. The Morgan fingerprint density at radius 1 is 1.00 bits per heavy atom. The third-order valence-electron chi connectivity index (χ3n) is 4.22. The molecule has 1 aliphatic rings. The Hall–Kier alpha value is -2.03. The second kappa shape index (κ2) is 4.76. The molecule has 0 N–H and O–H groups in total. The van der Waals surface area contributed by atoms with E-state index in [4.69, 9.17) is 0 Å². The molecular weight excluding hydrogens is 273 g/mol. The predicted molar refractivity (Wildman–Crippen MR) is 77.4 cm³/mol. The number of hydrogen-bond donors (Lipinski definition) is 0. The van der Waals surface area contributed by atoms with Crippen LogP contribution in [0.1, 0.15) is 29.5 Å². The molecule has 0 unspecified atom stereocenters. The monoisotopic (exact) mass is 288 g/mol. The summed E-state index contributed by atoms with van der Waals surface area (Å²) in [6.07, 6.45) is 1.39. The zero-order chi connectivity index (χ0) is 15.2. The molecule has 0 amide bonds. The van der Waals surface area contributed by atoms with Crippen LogP contribution in [0.2, 0.25) is 0 Å². The Bertz CT molecular complexity index is 727. The molecule has 0 spiro atoms. The van der Waals surface area contributed by atoms with Crippen molar-refractivity contribution in [2.45, 2.75) is 25.2 Å². The first kappa shape index (κ1) is 13.9. The highest BCUT2D eigenvalue weighted by Crippen LogP contribution is 2.57. The van der Waals surface area contributed by atoms with Gasteiger partial charge in [0.05, 0.1) is 0 Å². The maximum absolute atomic E-state index is 14.1. The van der Waals surface area contributed by atoms with Crippen LogP contribution < -0.4 is 0 Å². The molecule has 1 fully saturated rings. The zero-order valence-electron chi connectivity index (χ0n) is 11.7. The van der Waals surface area contributed by atoms with Crippen molar-refractivity contribution in [3.63, 3.8) is 0 Å². The van der Waals surface area contributed by atoms with Gasteiger partial charge in [-0.1, -0.05) is 24.8 Å². The summed E-state index contributed by atoms with van der Waals surface area (Å²) in [5, 5.41) is 0. The Morgan fingerprint density at radius 3 is 2.29 bits per heavy atom. The van der Waals surface area contributed by atoms with Crippen molar-refractivity contribution in [2.24, 2.45) is 0 Å². The van der Waals surface area contributed by atoms with Gasteiger partial charge in [0.2, 0.25) is 0 Å². The molecule has 1 saturated carbocycles. The van der Waals surface area contributed by atoms with Gasteiger partial charge < -0.3 is 0 Å². The normalized spacial score (nSPS) is 15.8. The summed E-state index contributed by atoms with van der Waals surface area (Å²) in [5.74, 6) is -1.56. The van der Waals surface area contributed by atoms with Crippen molar-refractivity contribution in [3.8, 4) is 0 Å². The molecule has 0 nitrogen and oxygen atoms in total. The minimum absolute atomic E-state index is 0.353. The average molecular weight is 288 g/mol. The molecule has 2 aromatic carbocycles. The number of halogens is 3. The van der Waals surface area contributed by atoms with Gasteiger partial charge in [-0.25, -0.2) is 13.2 Å². The van der Waals surface area contributed by atoms with E-state index in [-0.39, 0.29) is 5.82 Å². The summed E-state index contributed by atoms with van der Waals surface area (Å²) in [6, 6.07) is 8.47. The number of aryl methyl sites for hydroxylation is 1. The van der Waals surface area contributed by atoms with Gasteiger partial charge in [0.1, 0.15) is 17.5 Å². The lowest BCUT2D eigenvalue weighted by Gasteiger charge is -2.20. The van der Waals surface area contributed by atoms with Gasteiger partial charge >= 0.3 is 0 Å². The molecule has 108 valence electrons. The summed E-state index contributed by atoms with van der Waals surface area (Å²) in [4.78, 5) is 0. The molecule has 0 aromatic heterocycles. The van der Waals surface area contributed by atoms with Crippen LogP contribution in [0.4, 0.5) is 13.2 Å². The van der Waals surface area contributed by atoms with Gasteiger partial charge in [0.25, 0.3) is 0 Å².